The molecule has 1 heterocycles. The van der Waals surface area contributed by atoms with Crippen molar-refractivity contribution < 1.29 is 0 Å². The molecule has 0 aromatic carbocycles. The van der Waals surface area contributed by atoms with Crippen LogP contribution >= 0.6 is 11.8 Å². The lowest BCUT2D eigenvalue weighted by Gasteiger charge is -2.13. The molecule has 0 fully saturated rings. The van der Waals surface area contributed by atoms with Crippen LogP contribution in [0.25, 0.3) is 0 Å². The van der Waals surface area contributed by atoms with Crippen molar-refractivity contribution >= 4 is 11.8 Å². The molecule has 0 radical (unpaired) electrons. The lowest BCUT2D eigenvalue weighted by Crippen LogP contribution is -2.20. The van der Waals surface area contributed by atoms with Crippen molar-refractivity contribution in [1.29, 1.82) is 0 Å². The van der Waals surface area contributed by atoms with Crippen LogP contribution in [0.3, 0.4) is 0 Å². The van der Waals surface area contributed by atoms with E-state index in [1.165, 1.54) is 24.2 Å². The summed E-state index contributed by atoms with van der Waals surface area (Å²) in [7, 11) is 0. The fraction of sp³-hybridized carbons (Fsp3) is 0.583. The number of thioether (sulfide) groups is 1. The molecule has 0 saturated carbocycles. The van der Waals surface area contributed by atoms with Gasteiger partial charge in [-0.05, 0) is 49.9 Å². The monoisotopic (exact) mass is 224 g/mol. The summed E-state index contributed by atoms with van der Waals surface area (Å²) in [6, 6.07) is 4.52. The van der Waals surface area contributed by atoms with Crippen LogP contribution in [-0.2, 0) is 0 Å². The minimum Gasteiger partial charge on any atom is -0.310 e. The zero-order valence-electron chi connectivity index (χ0n) is 9.57. The molecule has 0 saturated heterocycles. The lowest BCUT2D eigenvalue weighted by atomic mass is 10.1. The predicted molar refractivity (Wildman–Crippen MR) is 68.3 cm³/mol. The van der Waals surface area contributed by atoms with Gasteiger partial charge in [0.05, 0.1) is 0 Å². The molecule has 2 nitrogen and oxygen atoms in total. The molecule has 3 heteroatoms. The highest BCUT2D eigenvalue weighted by Gasteiger charge is 2.02. The van der Waals surface area contributed by atoms with Gasteiger partial charge in [-0.25, -0.2) is 0 Å². The predicted octanol–water partition coefficient (Wildman–Crippen LogP) is 2.88. The van der Waals surface area contributed by atoms with Crippen molar-refractivity contribution in [2.75, 3.05) is 18.6 Å². The van der Waals surface area contributed by atoms with Gasteiger partial charge in [0.25, 0.3) is 0 Å². The summed E-state index contributed by atoms with van der Waals surface area (Å²) in [5.74, 6) is 1.27. The molecule has 0 amide bonds. The third kappa shape index (κ3) is 5.19. The van der Waals surface area contributed by atoms with E-state index in [1.807, 2.05) is 30.2 Å². The van der Waals surface area contributed by atoms with E-state index in [0.717, 1.165) is 6.54 Å². The Morgan fingerprint density at radius 3 is 3.00 bits per heavy atom. The number of nitrogens with one attached hydrogen (secondary N) is 1. The molecule has 0 aliphatic carbocycles. The number of unbranched alkanes of at least 4 members (excludes halogenated alkanes) is 1. The number of pyridine rings is 1. The van der Waals surface area contributed by atoms with E-state index >= 15 is 0 Å². The summed E-state index contributed by atoms with van der Waals surface area (Å²) in [5, 5.41) is 3.51. The maximum atomic E-state index is 4.12. The molecule has 1 aromatic rings. The first-order valence-corrected chi connectivity index (χ1v) is 6.86. The van der Waals surface area contributed by atoms with Gasteiger partial charge in [0.2, 0.25) is 0 Å². The average Bonchev–Trinajstić information content (AvgIpc) is 2.30. The largest absolute Gasteiger partial charge is 0.310 e. The lowest BCUT2D eigenvalue weighted by molar-refractivity contribution is 0.554. The summed E-state index contributed by atoms with van der Waals surface area (Å²) < 4.78 is 0. The number of nitrogens with zero attached hydrogens (tertiary/aromatic N) is 1. The first-order chi connectivity index (χ1) is 7.34. The molecule has 1 atom stereocenters. The molecule has 84 valence electrons. The number of hydrogen-bond acceptors (Lipinski definition) is 3. The molecule has 0 aliphatic rings. The van der Waals surface area contributed by atoms with Gasteiger partial charge < -0.3 is 5.32 Å². The second-order valence-corrected chi connectivity index (χ2v) is 4.65. The van der Waals surface area contributed by atoms with Crippen LogP contribution in [0, 0.1) is 0 Å². The Hall–Kier alpha value is -0.540. The zero-order valence-corrected chi connectivity index (χ0v) is 10.4. The van der Waals surface area contributed by atoms with Gasteiger partial charge in [-0.3, -0.25) is 4.98 Å². The molecule has 1 unspecified atom stereocenters. The maximum Gasteiger partial charge on any atom is 0.0315 e. The second kappa shape index (κ2) is 7.71. The smallest absolute Gasteiger partial charge is 0.0315 e. The Bertz CT molecular complexity index is 251. The summed E-state index contributed by atoms with van der Waals surface area (Å²) in [5.41, 5.74) is 1.27. The van der Waals surface area contributed by atoms with Gasteiger partial charge >= 0.3 is 0 Å². The Kier molecular flexibility index (Phi) is 6.44. The normalized spacial score (nSPS) is 12.7. The van der Waals surface area contributed by atoms with E-state index < -0.39 is 0 Å². The van der Waals surface area contributed by atoms with Crippen LogP contribution in [0.4, 0.5) is 0 Å². The van der Waals surface area contributed by atoms with E-state index in [0.29, 0.717) is 6.04 Å². The van der Waals surface area contributed by atoms with E-state index in [9.17, 15) is 0 Å². The second-order valence-electron chi connectivity index (χ2n) is 3.66. The molecule has 15 heavy (non-hydrogen) atoms. The van der Waals surface area contributed by atoms with Crippen LogP contribution < -0.4 is 5.32 Å². The average molecular weight is 224 g/mol. The minimum absolute atomic E-state index is 0.410. The van der Waals surface area contributed by atoms with Crippen LogP contribution in [-0.4, -0.2) is 23.5 Å². The van der Waals surface area contributed by atoms with Crippen molar-refractivity contribution in [3.8, 4) is 0 Å². The highest BCUT2D eigenvalue weighted by molar-refractivity contribution is 7.98. The molecule has 1 aromatic heterocycles. The summed E-state index contributed by atoms with van der Waals surface area (Å²) in [6.45, 7) is 3.28. The highest BCUT2D eigenvalue weighted by atomic mass is 32.2. The third-order valence-electron chi connectivity index (χ3n) is 2.41. The molecular formula is C12H20N2S. The Balaban J connectivity index is 2.16. The van der Waals surface area contributed by atoms with Gasteiger partial charge in [-0.2, -0.15) is 11.8 Å². The third-order valence-corrected chi connectivity index (χ3v) is 3.11. The van der Waals surface area contributed by atoms with Crippen LogP contribution in [0.2, 0.25) is 0 Å². The first kappa shape index (κ1) is 12.5. The van der Waals surface area contributed by atoms with Crippen LogP contribution in [0.5, 0.6) is 0 Å². The van der Waals surface area contributed by atoms with E-state index in [-0.39, 0.29) is 0 Å². The molecule has 1 N–H and O–H groups in total. The van der Waals surface area contributed by atoms with Crippen molar-refractivity contribution in [2.45, 2.75) is 25.8 Å². The summed E-state index contributed by atoms with van der Waals surface area (Å²) in [6.07, 6.45) is 8.46. The van der Waals surface area contributed by atoms with Gasteiger partial charge in [0.15, 0.2) is 0 Å². The molecular weight excluding hydrogens is 204 g/mol. The number of hydrogen-bond donors (Lipinski definition) is 1. The SMILES string of the molecule is CSCCCCNC(C)c1cccnc1. The van der Waals surface area contributed by atoms with E-state index in [1.54, 1.807) is 0 Å². The van der Waals surface area contributed by atoms with E-state index in [2.05, 4.69) is 29.5 Å². The Morgan fingerprint density at radius 1 is 1.47 bits per heavy atom. The van der Waals surface area contributed by atoms with Crippen LogP contribution in [0.1, 0.15) is 31.4 Å². The Labute approximate surface area is 96.9 Å². The standard InChI is InChI=1S/C12H20N2S/c1-11(12-6-5-7-13-10-12)14-8-3-4-9-15-2/h5-7,10-11,14H,3-4,8-9H2,1-2H3. The van der Waals surface area contributed by atoms with Gasteiger partial charge in [-0.1, -0.05) is 6.07 Å². The van der Waals surface area contributed by atoms with Crippen molar-refractivity contribution in [1.82, 2.24) is 10.3 Å². The van der Waals surface area contributed by atoms with E-state index in [4.69, 9.17) is 0 Å². The molecule has 0 spiro atoms. The molecule has 0 bridgehead atoms. The van der Waals surface area contributed by atoms with Gasteiger partial charge in [-0.15, -0.1) is 0 Å². The van der Waals surface area contributed by atoms with Crippen LogP contribution in [0.15, 0.2) is 24.5 Å². The highest BCUT2D eigenvalue weighted by Crippen LogP contribution is 2.09. The zero-order chi connectivity index (χ0) is 10.9. The van der Waals surface area contributed by atoms with Crippen molar-refractivity contribution in [3.63, 3.8) is 0 Å². The summed E-state index contributed by atoms with van der Waals surface area (Å²) >= 11 is 1.92. The maximum absolute atomic E-state index is 4.12. The number of rotatable bonds is 7. The fourth-order valence-corrected chi connectivity index (χ4v) is 1.93. The summed E-state index contributed by atoms with van der Waals surface area (Å²) in [4.78, 5) is 4.12. The minimum atomic E-state index is 0.410. The van der Waals surface area contributed by atoms with Crippen molar-refractivity contribution in [2.24, 2.45) is 0 Å². The quantitative estimate of drug-likeness (QED) is 0.721. The topological polar surface area (TPSA) is 24.9 Å². The first-order valence-electron chi connectivity index (χ1n) is 5.47. The fourth-order valence-electron chi connectivity index (χ4n) is 1.44. The van der Waals surface area contributed by atoms with Crippen molar-refractivity contribution in [3.05, 3.63) is 30.1 Å². The molecule has 0 aliphatic heterocycles. The number of aromatic nitrogens is 1. The Morgan fingerprint density at radius 2 is 2.33 bits per heavy atom. The molecule has 1 rings (SSSR count). The van der Waals surface area contributed by atoms with Gasteiger partial charge in [0.1, 0.15) is 0 Å². The van der Waals surface area contributed by atoms with Gasteiger partial charge in [0, 0.05) is 18.4 Å².